The fourth-order valence-corrected chi connectivity index (χ4v) is 1.84. The molecule has 0 atom stereocenters. The average Bonchev–Trinajstić information content (AvgIpc) is 3.08. The summed E-state index contributed by atoms with van der Waals surface area (Å²) in [6, 6.07) is 13.9. The Morgan fingerprint density at radius 2 is 1.95 bits per heavy atom. The lowest BCUT2D eigenvalue weighted by Crippen LogP contribution is -2.35. The smallest absolute Gasteiger partial charge is 0.374 e. The molecule has 0 unspecified atom stereocenters. The molecule has 1 heterocycles. The quantitative estimate of drug-likeness (QED) is 0.764. The highest BCUT2D eigenvalue weighted by Crippen LogP contribution is 2.14. The van der Waals surface area contributed by atoms with Gasteiger partial charge in [0.2, 0.25) is 5.76 Å². The normalized spacial score (nSPS) is 9.77. The van der Waals surface area contributed by atoms with Crippen LogP contribution in [0, 0.1) is 11.3 Å². The molecule has 0 aliphatic carbocycles. The second-order valence-electron chi connectivity index (χ2n) is 4.34. The predicted octanol–water partition coefficient (Wildman–Crippen LogP) is 2.38. The molecule has 6 heteroatoms. The molecule has 0 saturated carbocycles. The van der Waals surface area contributed by atoms with E-state index in [1.54, 1.807) is 30.3 Å². The molecule has 112 valence electrons. The molecule has 2 rings (SSSR count). The molecule has 2 aromatic rings. The zero-order valence-corrected chi connectivity index (χ0v) is 11.8. The standard InChI is InChI=1S/C16H14N2O4/c17-9-5-10-18(13-6-2-1-3-7-13)15(19)12-22-16(20)14-8-4-11-21-14/h1-4,6-8,11H,5,10,12H2. The van der Waals surface area contributed by atoms with Crippen molar-refractivity contribution in [1.82, 2.24) is 0 Å². The third kappa shape index (κ3) is 3.96. The molecule has 0 aliphatic heterocycles. The molecule has 0 bridgehead atoms. The van der Waals surface area contributed by atoms with Gasteiger partial charge in [-0.15, -0.1) is 0 Å². The number of carbonyl (C=O) groups is 2. The van der Waals surface area contributed by atoms with Crippen LogP contribution in [0.2, 0.25) is 0 Å². The third-order valence-electron chi connectivity index (χ3n) is 2.87. The summed E-state index contributed by atoms with van der Waals surface area (Å²) in [5.74, 6) is -1.07. The Balaban J connectivity index is 2.00. The lowest BCUT2D eigenvalue weighted by atomic mass is 10.2. The van der Waals surface area contributed by atoms with Crippen LogP contribution in [0.1, 0.15) is 17.0 Å². The summed E-state index contributed by atoms with van der Waals surface area (Å²) in [5.41, 5.74) is 0.650. The molecule has 0 N–H and O–H groups in total. The van der Waals surface area contributed by atoms with Crippen molar-refractivity contribution in [2.75, 3.05) is 18.1 Å². The fraction of sp³-hybridized carbons (Fsp3) is 0.188. The second kappa shape index (κ2) is 7.64. The van der Waals surface area contributed by atoms with E-state index in [4.69, 9.17) is 14.4 Å². The molecule has 0 saturated heterocycles. The Morgan fingerprint density at radius 1 is 1.18 bits per heavy atom. The van der Waals surface area contributed by atoms with E-state index < -0.39 is 18.5 Å². The van der Waals surface area contributed by atoms with Gasteiger partial charge in [0.25, 0.3) is 5.91 Å². The summed E-state index contributed by atoms with van der Waals surface area (Å²) in [6.45, 7) is -0.183. The van der Waals surface area contributed by atoms with Crippen molar-refractivity contribution in [2.45, 2.75) is 6.42 Å². The molecular formula is C16H14N2O4. The van der Waals surface area contributed by atoms with E-state index in [1.807, 2.05) is 12.1 Å². The Kier molecular flexibility index (Phi) is 5.32. The number of para-hydroxylation sites is 1. The van der Waals surface area contributed by atoms with E-state index in [2.05, 4.69) is 0 Å². The van der Waals surface area contributed by atoms with Crippen molar-refractivity contribution in [1.29, 1.82) is 5.26 Å². The number of nitriles is 1. The number of hydrogen-bond donors (Lipinski definition) is 0. The molecule has 1 aromatic carbocycles. The van der Waals surface area contributed by atoms with E-state index in [0.29, 0.717) is 5.69 Å². The molecule has 1 amide bonds. The van der Waals surface area contributed by atoms with E-state index in [9.17, 15) is 9.59 Å². The van der Waals surface area contributed by atoms with Gasteiger partial charge in [-0.2, -0.15) is 5.26 Å². The van der Waals surface area contributed by atoms with E-state index in [-0.39, 0.29) is 18.7 Å². The van der Waals surface area contributed by atoms with Crippen molar-refractivity contribution >= 4 is 17.6 Å². The number of anilines is 1. The number of nitrogens with zero attached hydrogens (tertiary/aromatic N) is 2. The number of hydrogen-bond acceptors (Lipinski definition) is 5. The summed E-state index contributed by atoms with van der Waals surface area (Å²) in [4.78, 5) is 25.3. The first kappa shape index (κ1) is 15.3. The average molecular weight is 298 g/mol. The summed E-state index contributed by atoms with van der Waals surface area (Å²) in [5, 5.41) is 8.70. The Bertz CT molecular complexity index is 659. The largest absolute Gasteiger partial charge is 0.457 e. The fourth-order valence-electron chi connectivity index (χ4n) is 1.84. The maximum Gasteiger partial charge on any atom is 0.374 e. The van der Waals surface area contributed by atoms with E-state index in [1.165, 1.54) is 17.2 Å². The van der Waals surface area contributed by atoms with Gasteiger partial charge >= 0.3 is 5.97 Å². The van der Waals surface area contributed by atoms with Gasteiger partial charge in [-0.3, -0.25) is 4.79 Å². The Labute approximate surface area is 127 Å². The zero-order valence-electron chi connectivity index (χ0n) is 11.8. The highest BCUT2D eigenvalue weighted by Gasteiger charge is 2.18. The molecule has 0 aliphatic rings. The first-order chi connectivity index (χ1) is 10.7. The van der Waals surface area contributed by atoms with Crippen LogP contribution < -0.4 is 4.90 Å². The SMILES string of the molecule is N#CCCN(C(=O)COC(=O)c1ccco1)c1ccccc1. The van der Waals surface area contributed by atoms with Crippen LogP contribution >= 0.6 is 0 Å². The summed E-state index contributed by atoms with van der Waals surface area (Å²) in [6.07, 6.45) is 1.54. The number of rotatable bonds is 6. The topological polar surface area (TPSA) is 83.5 Å². The number of ether oxygens (including phenoxy) is 1. The first-order valence-electron chi connectivity index (χ1n) is 6.65. The monoisotopic (exact) mass is 298 g/mol. The van der Waals surface area contributed by atoms with Crippen LogP contribution in [-0.4, -0.2) is 25.0 Å². The summed E-state index contributed by atoms with van der Waals surface area (Å²) >= 11 is 0. The number of amides is 1. The number of carbonyl (C=O) groups excluding carboxylic acids is 2. The van der Waals surface area contributed by atoms with Crippen LogP contribution in [0.25, 0.3) is 0 Å². The van der Waals surface area contributed by atoms with Gasteiger partial charge in [-0.05, 0) is 24.3 Å². The van der Waals surface area contributed by atoms with Crippen LogP contribution in [0.5, 0.6) is 0 Å². The van der Waals surface area contributed by atoms with Crippen molar-refractivity contribution < 1.29 is 18.7 Å². The van der Waals surface area contributed by atoms with Gasteiger partial charge in [-0.1, -0.05) is 18.2 Å². The van der Waals surface area contributed by atoms with Crippen LogP contribution in [0.3, 0.4) is 0 Å². The van der Waals surface area contributed by atoms with Crippen molar-refractivity contribution in [3.05, 3.63) is 54.5 Å². The maximum atomic E-state index is 12.2. The van der Waals surface area contributed by atoms with Crippen LogP contribution in [0.4, 0.5) is 5.69 Å². The molecule has 1 aromatic heterocycles. The van der Waals surface area contributed by atoms with Crippen molar-refractivity contribution in [3.8, 4) is 6.07 Å². The molecule has 0 fully saturated rings. The lowest BCUT2D eigenvalue weighted by molar-refractivity contribution is -0.121. The van der Waals surface area contributed by atoms with Gasteiger partial charge in [0, 0.05) is 12.2 Å². The molecule has 0 spiro atoms. The van der Waals surface area contributed by atoms with Gasteiger partial charge in [-0.25, -0.2) is 4.79 Å². The molecular weight excluding hydrogens is 284 g/mol. The predicted molar refractivity (Wildman–Crippen MR) is 78.0 cm³/mol. The number of benzene rings is 1. The van der Waals surface area contributed by atoms with Gasteiger partial charge < -0.3 is 14.1 Å². The van der Waals surface area contributed by atoms with Gasteiger partial charge in [0.05, 0.1) is 18.8 Å². The Hall–Kier alpha value is -3.07. The minimum absolute atomic E-state index is 0.0380. The maximum absolute atomic E-state index is 12.2. The number of esters is 1. The Morgan fingerprint density at radius 3 is 2.59 bits per heavy atom. The van der Waals surface area contributed by atoms with Crippen molar-refractivity contribution in [3.63, 3.8) is 0 Å². The highest BCUT2D eigenvalue weighted by molar-refractivity contribution is 5.96. The highest BCUT2D eigenvalue weighted by atomic mass is 16.5. The summed E-state index contributed by atoms with van der Waals surface area (Å²) in [7, 11) is 0. The van der Waals surface area contributed by atoms with Gasteiger partial charge in [0.15, 0.2) is 6.61 Å². The minimum atomic E-state index is -0.702. The van der Waals surface area contributed by atoms with Crippen molar-refractivity contribution in [2.24, 2.45) is 0 Å². The third-order valence-corrected chi connectivity index (χ3v) is 2.87. The number of furan rings is 1. The van der Waals surface area contributed by atoms with Gasteiger partial charge in [0.1, 0.15) is 0 Å². The molecule has 6 nitrogen and oxygen atoms in total. The second-order valence-corrected chi connectivity index (χ2v) is 4.34. The van der Waals surface area contributed by atoms with E-state index >= 15 is 0 Å². The van der Waals surface area contributed by atoms with E-state index in [0.717, 1.165) is 0 Å². The summed E-state index contributed by atoms with van der Waals surface area (Å²) < 4.78 is 9.82. The lowest BCUT2D eigenvalue weighted by Gasteiger charge is -2.21. The first-order valence-corrected chi connectivity index (χ1v) is 6.65. The zero-order chi connectivity index (χ0) is 15.8. The minimum Gasteiger partial charge on any atom is -0.457 e. The molecule has 0 radical (unpaired) electrons. The molecule has 22 heavy (non-hydrogen) atoms. The van der Waals surface area contributed by atoms with Crippen LogP contribution in [-0.2, 0) is 9.53 Å². The van der Waals surface area contributed by atoms with Crippen LogP contribution in [0.15, 0.2) is 53.1 Å².